The Bertz CT molecular complexity index is 855. The predicted octanol–water partition coefficient (Wildman–Crippen LogP) is 4.17. The molecule has 4 nitrogen and oxygen atoms in total. The Labute approximate surface area is 145 Å². The zero-order valence-electron chi connectivity index (χ0n) is 13.5. The minimum atomic E-state index is -0.296. The minimum Gasteiger partial charge on any atom is -0.455 e. The zero-order valence-corrected chi connectivity index (χ0v) is 13.5. The Morgan fingerprint density at radius 1 is 1.04 bits per heavy atom. The molecule has 0 spiro atoms. The Morgan fingerprint density at radius 2 is 1.80 bits per heavy atom. The van der Waals surface area contributed by atoms with E-state index in [2.05, 4.69) is 10.5 Å². The molecule has 0 aliphatic rings. The lowest BCUT2D eigenvalue weighted by molar-refractivity contribution is -0.121. The second kappa shape index (κ2) is 8.06. The monoisotopic (exact) mass is 336 g/mol. The van der Waals surface area contributed by atoms with E-state index in [-0.39, 0.29) is 11.7 Å². The summed E-state index contributed by atoms with van der Waals surface area (Å²) >= 11 is 0. The molecule has 25 heavy (non-hydrogen) atoms. The molecule has 1 N–H and O–H groups in total. The molecule has 3 rings (SSSR count). The number of rotatable bonds is 6. The lowest BCUT2D eigenvalue weighted by atomic mass is 10.1. The van der Waals surface area contributed by atoms with E-state index in [4.69, 9.17) is 4.42 Å². The minimum absolute atomic E-state index is 0.162. The number of nitrogens with zero attached hydrogens (tertiary/aromatic N) is 1. The van der Waals surface area contributed by atoms with Crippen LogP contribution in [0.5, 0.6) is 0 Å². The van der Waals surface area contributed by atoms with E-state index in [1.807, 2.05) is 30.3 Å². The third kappa shape index (κ3) is 4.88. The van der Waals surface area contributed by atoms with Gasteiger partial charge in [-0.25, -0.2) is 9.82 Å². The first kappa shape index (κ1) is 16.6. The highest BCUT2D eigenvalue weighted by atomic mass is 19.1. The molecule has 0 bridgehead atoms. The van der Waals surface area contributed by atoms with Crippen LogP contribution in [0.25, 0.3) is 11.3 Å². The molecule has 0 radical (unpaired) electrons. The van der Waals surface area contributed by atoms with Crippen LogP contribution < -0.4 is 5.43 Å². The van der Waals surface area contributed by atoms with Crippen LogP contribution in [0.4, 0.5) is 4.39 Å². The molecule has 0 fully saturated rings. The van der Waals surface area contributed by atoms with E-state index in [9.17, 15) is 9.18 Å². The van der Waals surface area contributed by atoms with Crippen molar-refractivity contribution in [1.82, 2.24) is 5.43 Å². The van der Waals surface area contributed by atoms with Crippen LogP contribution in [0, 0.1) is 5.82 Å². The number of amides is 1. The highest BCUT2D eigenvalue weighted by Crippen LogP contribution is 2.21. The third-order valence-electron chi connectivity index (χ3n) is 3.62. The summed E-state index contributed by atoms with van der Waals surface area (Å²) in [5.41, 5.74) is 4.36. The van der Waals surface area contributed by atoms with Gasteiger partial charge < -0.3 is 4.42 Å². The summed E-state index contributed by atoms with van der Waals surface area (Å²) in [5.74, 6) is 0.653. The molecule has 3 aromatic rings. The summed E-state index contributed by atoms with van der Waals surface area (Å²) in [6, 6.07) is 19.3. The van der Waals surface area contributed by atoms with Crippen molar-refractivity contribution in [2.75, 3.05) is 0 Å². The lowest BCUT2D eigenvalue weighted by Gasteiger charge is -2.00. The molecule has 0 aliphatic carbocycles. The molecule has 1 heterocycles. The molecular weight excluding hydrogens is 319 g/mol. The van der Waals surface area contributed by atoms with E-state index < -0.39 is 0 Å². The number of furan rings is 1. The smallest absolute Gasteiger partial charge is 0.240 e. The van der Waals surface area contributed by atoms with Crippen LogP contribution in [0.1, 0.15) is 17.7 Å². The molecular formula is C20H17FN2O2. The number of halogens is 1. The highest BCUT2D eigenvalue weighted by Gasteiger charge is 2.04. The number of hydrogen-bond acceptors (Lipinski definition) is 3. The summed E-state index contributed by atoms with van der Waals surface area (Å²) in [7, 11) is 0. The van der Waals surface area contributed by atoms with Gasteiger partial charge in [0.05, 0.1) is 6.21 Å². The maximum atomic E-state index is 12.9. The van der Waals surface area contributed by atoms with E-state index in [1.54, 1.807) is 24.3 Å². The standard InChI is InChI=1S/C20H17FN2O2/c21-17-9-7-16(8-10-17)19-12-11-18(25-19)14-22-23-20(24)13-6-15-4-2-1-3-5-15/h1-5,7-12,14H,6,13H2,(H,23,24). The van der Waals surface area contributed by atoms with Crippen LogP contribution in [0.3, 0.4) is 0 Å². The van der Waals surface area contributed by atoms with Crippen molar-refractivity contribution in [3.8, 4) is 11.3 Å². The van der Waals surface area contributed by atoms with Crippen molar-refractivity contribution in [3.05, 3.63) is 83.9 Å². The van der Waals surface area contributed by atoms with Gasteiger partial charge in [0.1, 0.15) is 17.3 Å². The summed E-state index contributed by atoms with van der Waals surface area (Å²) in [6.07, 6.45) is 2.46. The second-order valence-corrected chi connectivity index (χ2v) is 5.49. The number of nitrogens with one attached hydrogen (secondary N) is 1. The van der Waals surface area contributed by atoms with Crippen molar-refractivity contribution in [2.45, 2.75) is 12.8 Å². The highest BCUT2D eigenvalue weighted by molar-refractivity contribution is 5.81. The van der Waals surface area contributed by atoms with Gasteiger partial charge in [0.2, 0.25) is 5.91 Å². The number of aryl methyl sites for hydroxylation is 1. The van der Waals surface area contributed by atoms with Gasteiger partial charge in [0, 0.05) is 12.0 Å². The van der Waals surface area contributed by atoms with Crippen LogP contribution in [-0.2, 0) is 11.2 Å². The third-order valence-corrected chi connectivity index (χ3v) is 3.62. The number of hydrazone groups is 1. The predicted molar refractivity (Wildman–Crippen MR) is 94.6 cm³/mol. The largest absolute Gasteiger partial charge is 0.455 e. The van der Waals surface area contributed by atoms with Crippen LogP contribution in [-0.4, -0.2) is 12.1 Å². The molecule has 0 saturated heterocycles. The van der Waals surface area contributed by atoms with E-state index in [0.29, 0.717) is 24.4 Å². The topological polar surface area (TPSA) is 54.6 Å². The second-order valence-electron chi connectivity index (χ2n) is 5.49. The summed E-state index contributed by atoms with van der Waals surface area (Å²) in [5, 5.41) is 3.90. The first-order valence-corrected chi connectivity index (χ1v) is 7.92. The molecule has 2 aromatic carbocycles. The van der Waals surface area contributed by atoms with Crippen molar-refractivity contribution >= 4 is 12.1 Å². The van der Waals surface area contributed by atoms with Gasteiger partial charge in [-0.15, -0.1) is 0 Å². The van der Waals surface area contributed by atoms with Gasteiger partial charge in [-0.1, -0.05) is 30.3 Å². The Morgan fingerprint density at radius 3 is 2.56 bits per heavy atom. The van der Waals surface area contributed by atoms with Gasteiger partial charge in [-0.2, -0.15) is 5.10 Å². The van der Waals surface area contributed by atoms with Gasteiger partial charge in [-0.05, 0) is 48.4 Å². The first-order valence-electron chi connectivity index (χ1n) is 7.92. The summed E-state index contributed by atoms with van der Waals surface area (Å²) in [4.78, 5) is 11.8. The van der Waals surface area contributed by atoms with E-state index in [1.165, 1.54) is 18.3 Å². The van der Waals surface area contributed by atoms with Crippen LogP contribution in [0.2, 0.25) is 0 Å². The maximum absolute atomic E-state index is 12.9. The zero-order chi connectivity index (χ0) is 17.5. The molecule has 0 unspecified atom stereocenters. The van der Waals surface area contributed by atoms with Crippen molar-refractivity contribution in [2.24, 2.45) is 5.10 Å². The fourth-order valence-corrected chi connectivity index (χ4v) is 2.32. The van der Waals surface area contributed by atoms with Crippen molar-refractivity contribution in [3.63, 3.8) is 0 Å². The molecule has 0 saturated carbocycles. The fourth-order valence-electron chi connectivity index (χ4n) is 2.32. The van der Waals surface area contributed by atoms with Gasteiger partial charge in [0.15, 0.2) is 0 Å². The van der Waals surface area contributed by atoms with E-state index >= 15 is 0 Å². The number of carbonyl (C=O) groups is 1. The number of carbonyl (C=O) groups excluding carboxylic acids is 1. The number of hydrogen-bond donors (Lipinski definition) is 1. The maximum Gasteiger partial charge on any atom is 0.240 e. The Hall–Kier alpha value is -3.21. The Balaban J connectivity index is 1.50. The quantitative estimate of drug-likeness (QED) is 0.542. The summed E-state index contributed by atoms with van der Waals surface area (Å²) in [6.45, 7) is 0. The molecule has 0 atom stereocenters. The van der Waals surface area contributed by atoms with Crippen molar-refractivity contribution in [1.29, 1.82) is 0 Å². The van der Waals surface area contributed by atoms with Gasteiger partial charge in [-0.3, -0.25) is 4.79 Å². The Kier molecular flexibility index (Phi) is 5.36. The van der Waals surface area contributed by atoms with E-state index in [0.717, 1.165) is 11.1 Å². The van der Waals surface area contributed by atoms with Crippen molar-refractivity contribution < 1.29 is 13.6 Å². The fraction of sp³-hybridized carbons (Fsp3) is 0.100. The molecule has 1 amide bonds. The molecule has 5 heteroatoms. The first-order chi connectivity index (χ1) is 12.2. The molecule has 126 valence electrons. The molecule has 0 aliphatic heterocycles. The van der Waals surface area contributed by atoms with Crippen LogP contribution >= 0.6 is 0 Å². The number of benzene rings is 2. The normalized spacial score (nSPS) is 10.9. The molecule has 1 aromatic heterocycles. The van der Waals surface area contributed by atoms with Gasteiger partial charge >= 0.3 is 0 Å². The average Bonchev–Trinajstić information content (AvgIpc) is 3.10. The lowest BCUT2D eigenvalue weighted by Crippen LogP contribution is -2.17. The summed E-state index contributed by atoms with van der Waals surface area (Å²) < 4.78 is 18.5. The SMILES string of the molecule is O=C(CCc1ccccc1)NN=Cc1ccc(-c2ccc(F)cc2)o1. The van der Waals surface area contributed by atoms with Crippen LogP contribution in [0.15, 0.2) is 76.2 Å². The average molecular weight is 336 g/mol. The van der Waals surface area contributed by atoms with Gasteiger partial charge in [0.25, 0.3) is 0 Å².